The summed E-state index contributed by atoms with van der Waals surface area (Å²) in [5.74, 6) is 0.0685. The zero-order chi connectivity index (χ0) is 24.3. The number of anilines is 1. The maximum Gasteiger partial charge on any atom is 0.172 e. The first-order valence-electron chi connectivity index (χ1n) is 11.8. The van der Waals surface area contributed by atoms with Gasteiger partial charge < -0.3 is 9.64 Å². The van der Waals surface area contributed by atoms with Crippen LogP contribution in [0.1, 0.15) is 51.2 Å². The topological polar surface area (TPSA) is 83.8 Å². The molecule has 0 saturated heterocycles. The van der Waals surface area contributed by atoms with E-state index in [1.165, 1.54) is 34.9 Å². The maximum atomic E-state index is 9.83. The molecular formula is C29H28N4O. The molecule has 2 aliphatic heterocycles. The Morgan fingerprint density at radius 2 is 1.85 bits per heavy atom. The molecule has 2 aromatic carbocycles. The summed E-state index contributed by atoms with van der Waals surface area (Å²) in [6.07, 6.45) is 8.48. The molecule has 0 saturated carbocycles. The maximum absolute atomic E-state index is 9.83. The Hall–Kier alpha value is -4.01. The van der Waals surface area contributed by atoms with Gasteiger partial charge in [-0.2, -0.15) is 15.8 Å². The average molecular weight is 449 g/mol. The largest absolute Gasteiger partial charge is 0.480 e. The number of aryl methyl sites for hydroxylation is 1. The van der Waals surface area contributed by atoms with Crippen molar-refractivity contribution in [2.75, 3.05) is 18.0 Å². The predicted molar refractivity (Wildman–Crippen MR) is 134 cm³/mol. The molecule has 2 aromatic rings. The molecule has 170 valence electrons. The second-order valence-electron chi connectivity index (χ2n) is 9.24. The van der Waals surface area contributed by atoms with Gasteiger partial charge in [0.15, 0.2) is 11.3 Å². The Morgan fingerprint density at radius 1 is 1.12 bits per heavy atom. The van der Waals surface area contributed by atoms with Gasteiger partial charge in [-0.3, -0.25) is 0 Å². The van der Waals surface area contributed by atoms with E-state index in [0.29, 0.717) is 5.57 Å². The third kappa shape index (κ3) is 4.05. The highest BCUT2D eigenvalue weighted by molar-refractivity contribution is 6.01. The van der Waals surface area contributed by atoms with Gasteiger partial charge in [-0.25, -0.2) is 0 Å². The first kappa shape index (κ1) is 23.2. The first-order valence-corrected chi connectivity index (χ1v) is 11.8. The number of hydrogen-bond donors (Lipinski definition) is 0. The highest BCUT2D eigenvalue weighted by Gasteiger charge is 2.38. The van der Waals surface area contributed by atoms with Gasteiger partial charge in [0, 0.05) is 29.7 Å². The van der Waals surface area contributed by atoms with Gasteiger partial charge >= 0.3 is 0 Å². The second-order valence-corrected chi connectivity index (χ2v) is 9.24. The van der Waals surface area contributed by atoms with E-state index < -0.39 is 5.60 Å². The van der Waals surface area contributed by atoms with Gasteiger partial charge in [0.1, 0.15) is 29.4 Å². The van der Waals surface area contributed by atoms with Gasteiger partial charge in [-0.05, 0) is 55.7 Å². The van der Waals surface area contributed by atoms with E-state index in [0.717, 1.165) is 31.5 Å². The molecule has 0 radical (unpaired) electrons. The van der Waals surface area contributed by atoms with Crippen LogP contribution in [0.5, 0.6) is 0 Å². The fourth-order valence-corrected chi connectivity index (χ4v) is 4.95. The fraction of sp³-hybridized carbons (Fsp3) is 0.345. The van der Waals surface area contributed by atoms with Crippen LogP contribution in [0.3, 0.4) is 0 Å². The summed E-state index contributed by atoms with van der Waals surface area (Å²) >= 11 is 0. The van der Waals surface area contributed by atoms with E-state index >= 15 is 0 Å². The number of nitrogens with zero attached hydrogens (tertiary/aromatic N) is 4. The van der Waals surface area contributed by atoms with Gasteiger partial charge in [0.05, 0.1) is 0 Å². The van der Waals surface area contributed by atoms with Crippen molar-refractivity contribution >= 4 is 22.5 Å². The van der Waals surface area contributed by atoms with Crippen LogP contribution in [-0.2, 0) is 11.2 Å². The zero-order valence-electron chi connectivity index (χ0n) is 20.0. The monoisotopic (exact) mass is 448 g/mol. The van der Waals surface area contributed by atoms with Gasteiger partial charge in [0.2, 0.25) is 0 Å². The minimum absolute atomic E-state index is 0.0685. The van der Waals surface area contributed by atoms with Crippen molar-refractivity contribution in [3.63, 3.8) is 0 Å². The molecule has 2 aliphatic rings. The SMILES string of the molecule is CCCCN1CCCc2cc(/C=C/C3=C(C#N)C(=C(C#N)C#N)OC3(C)C)c3ccccc3c21. The summed E-state index contributed by atoms with van der Waals surface area (Å²) in [5, 5.41) is 30.9. The highest BCUT2D eigenvalue weighted by Crippen LogP contribution is 2.42. The standard InChI is InChI=1S/C29H28N4O/c1-4-5-14-33-15-8-9-21-16-20(23-10-6-7-11-24(23)27(21)33)12-13-26-25(19-32)28(22(17-30)18-31)34-29(26,2)3/h6-7,10-13,16H,4-5,8-9,14-15H2,1-3H3/b13-12+. The fourth-order valence-electron chi connectivity index (χ4n) is 4.95. The van der Waals surface area contributed by atoms with Crippen molar-refractivity contribution in [3.05, 3.63) is 70.0 Å². The quantitative estimate of drug-likeness (QED) is 0.499. The van der Waals surface area contributed by atoms with Crippen molar-refractivity contribution in [2.24, 2.45) is 0 Å². The van der Waals surface area contributed by atoms with Gasteiger partial charge in [-0.1, -0.05) is 49.8 Å². The Morgan fingerprint density at radius 3 is 2.53 bits per heavy atom. The smallest absolute Gasteiger partial charge is 0.172 e. The molecule has 0 unspecified atom stereocenters. The van der Waals surface area contributed by atoms with Crippen LogP contribution in [0, 0.1) is 34.0 Å². The van der Waals surface area contributed by atoms with E-state index in [1.807, 2.05) is 38.1 Å². The molecule has 0 bridgehead atoms. The number of rotatable bonds is 5. The Kier molecular flexibility index (Phi) is 6.45. The van der Waals surface area contributed by atoms with Crippen LogP contribution >= 0.6 is 0 Å². The molecule has 0 aliphatic carbocycles. The lowest BCUT2D eigenvalue weighted by Gasteiger charge is -2.33. The summed E-state index contributed by atoms with van der Waals surface area (Å²) < 4.78 is 5.91. The third-order valence-corrected chi connectivity index (χ3v) is 6.59. The molecule has 5 nitrogen and oxygen atoms in total. The number of allylic oxidation sites excluding steroid dienone is 2. The predicted octanol–water partition coefficient (Wildman–Crippen LogP) is 6.34. The number of benzene rings is 2. The second kappa shape index (κ2) is 9.46. The van der Waals surface area contributed by atoms with Gasteiger partial charge in [-0.15, -0.1) is 0 Å². The number of hydrogen-bond acceptors (Lipinski definition) is 5. The number of ether oxygens (including phenoxy) is 1. The van der Waals surface area contributed by atoms with Crippen LogP contribution in [0.4, 0.5) is 5.69 Å². The average Bonchev–Trinajstić information content (AvgIpc) is 3.10. The van der Waals surface area contributed by atoms with E-state index in [9.17, 15) is 15.8 Å². The van der Waals surface area contributed by atoms with Crippen molar-refractivity contribution in [1.82, 2.24) is 0 Å². The lowest BCUT2D eigenvalue weighted by atomic mass is 9.90. The molecule has 4 rings (SSSR count). The molecule has 0 spiro atoms. The zero-order valence-corrected chi connectivity index (χ0v) is 20.0. The van der Waals surface area contributed by atoms with Crippen molar-refractivity contribution < 1.29 is 4.74 Å². The molecule has 34 heavy (non-hydrogen) atoms. The molecular weight excluding hydrogens is 420 g/mol. The lowest BCUT2D eigenvalue weighted by molar-refractivity contribution is 0.0954. The molecule has 0 fully saturated rings. The first-order chi connectivity index (χ1) is 16.4. The summed E-state index contributed by atoms with van der Waals surface area (Å²) in [7, 11) is 0. The summed E-state index contributed by atoms with van der Waals surface area (Å²) in [6, 6.07) is 16.6. The van der Waals surface area contributed by atoms with Crippen LogP contribution in [0.2, 0.25) is 0 Å². The minimum atomic E-state index is -0.823. The van der Waals surface area contributed by atoms with Crippen molar-refractivity contribution in [1.29, 1.82) is 15.8 Å². The summed E-state index contributed by atoms with van der Waals surface area (Å²) in [6.45, 7) is 8.08. The van der Waals surface area contributed by atoms with Gasteiger partial charge in [0.25, 0.3) is 0 Å². The summed E-state index contributed by atoms with van der Waals surface area (Å²) in [4.78, 5) is 2.53. The van der Waals surface area contributed by atoms with Crippen LogP contribution in [-0.4, -0.2) is 18.7 Å². The van der Waals surface area contributed by atoms with Crippen LogP contribution in [0.15, 0.2) is 58.9 Å². The Labute approximate surface area is 201 Å². The highest BCUT2D eigenvalue weighted by atomic mass is 16.5. The molecule has 2 heterocycles. The molecule has 0 amide bonds. The van der Waals surface area contributed by atoms with Crippen molar-refractivity contribution in [3.8, 4) is 18.2 Å². The van der Waals surface area contributed by atoms with E-state index in [4.69, 9.17) is 4.74 Å². The molecule has 5 heteroatoms. The number of nitriles is 3. The summed E-state index contributed by atoms with van der Waals surface area (Å²) in [5.41, 5.74) is 3.70. The lowest BCUT2D eigenvalue weighted by Crippen LogP contribution is -2.30. The van der Waals surface area contributed by atoms with E-state index in [-0.39, 0.29) is 16.9 Å². The normalized spacial score (nSPS) is 16.7. The third-order valence-electron chi connectivity index (χ3n) is 6.59. The minimum Gasteiger partial charge on any atom is -0.480 e. The number of fused-ring (bicyclic) bond motifs is 3. The van der Waals surface area contributed by atoms with E-state index in [2.05, 4.69) is 48.2 Å². The Bertz CT molecular complexity index is 1340. The van der Waals surface area contributed by atoms with E-state index in [1.54, 1.807) is 0 Å². The molecule has 0 atom stereocenters. The van der Waals surface area contributed by atoms with Crippen LogP contribution < -0.4 is 4.90 Å². The Balaban J connectivity index is 1.85. The number of unbranched alkanes of at least 4 members (excludes halogenated alkanes) is 1. The van der Waals surface area contributed by atoms with Crippen LogP contribution in [0.25, 0.3) is 16.8 Å². The van der Waals surface area contributed by atoms with Crippen molar-refractivity contribution in [2.45, 2.75) is 52.1 Å². The molecule has 0 N–H and O–H groups in total. The molecule has 0 aromatic heterocycles.